The van der Waals surface area contributed by atoms with E-state index in [9.17, 15) is 29.7 Å². The van der Waals surface area contributed by atoms with Crippen molar-refractivity contribution in [3.63, 3.8) is 0 Å². The number of thiocarbonyl (C=S) groups is 1. The molecule has 6 atom stereocenters. The molecule has 0 bridgehead atoms. The lowest BCUT2D eigenvalue weighted by molar-refractivity contribution is -0.270. The number of hydrogen-bond acceptors (Lipinski definition) is 12. The van der Waals surface area contributed by atoms with Gasteiger partial charge in [0, 0.05) is 52.8 Å². The molecular weight excluding hydrogens is 621 g/mol. The molecule has 1 aliphatic heterocycles. The van der Waals surface area contributed by atoms with E-state index in [0.717, 1.165) is 12.2 Å². The number of aliphatic hydroxyl groups is 3. The number of thioether (sulfide) groups is 2. The summed E-state index contributed by atoms with van der Waals surface area (Å²) in [6.07, 6.45) is -1.90. The second-order valence-electron chi connectivity index (χ2n) is 10.00. The normalized spacial score (nSPS) is 23.0. The Kier molecular flexibility index (Phi) is 20.2. The molecule has 0 saturated carbocycles. The molecular formula is C27H46N4O9S3. The van der Waals surface area contributed by atoms with E-state index >= 15 is 0 Å². The molecule has 1 rings (SSSR count). The predicted molar refractivity (Wildman–Crippen MR) is 169 cm³/mol. The van der Waals surface area contributed by atoms with Crippen molar-refractivity contribution >= 4 is 57.0 Å². The summed E-state index contributed by atoms with van der Waals surface area (Å²) in [5, 5.41) is 37.8. The molecule has 1 heterocycles. The number of carbonyl (C=O) groups is 3. The Labute approximate surface area is 267 Å². The first-order chi connectivity index (χ1) is 20.5. The van der Waals surface area contributed by atoms with Gasteiger partial charge in [-0.25, -0.2) is 6.57 Å². The topological polar surface area (TPSA) is 180 Å². The maximum absolute atomic E-state index is 12.1. The van der Waals surface area contributed by atoms with Crippen LogP contribution in [0.1, 0.15) is 59.3 Å². The predicted octanol–water partition coefficient (Wildman–Crippen LogP) is 0.943. The molecule has 13 nitrogen and oxygen atoms in total. The monoisotopic (exact) mass is 666 g/mol. The van der Waals surface area contributed by atoms with E-state index in [4.69, 9.17) is 33.0 Å². The smallest absolute Gasteiger partial charge is 0.281 e. The van der Waals surface area contributed by atoms with Crippen molar-refractivity contribution in [1.82, 2.24) is 16.0 Å². The van der Waals surface area contributed by atoms with Crippen LogP contribution in [0.15, 0.2) is 0 Å². The van der Waals surface area contributed by atoms with Crippen molar-refractivity contribution in [3.05, 3.63) is 11.4 Å². The van der Waals surface area contributed by atoms with Crippen LogP contribution in [0.25, 0.3) is 4.85 Å². The first kappa shape index (κ1) is 39.5. The number of aliphatic hydroxyl groups excluding tert-OH is 3. The molecule has 1 aliphatic rings. The highest BCUT2D eigenvalue weighted by molar-refractivity contribution is 8.47. The van der Waals surface area contributed by atoms with Crippen molar-refractivity contribution in [2.24, 2.45) is 0 Å². The summed E-state index contributed by atoms with van der Waals surface area (Å²) in [5.41, 5.74) is 0. The van der Waals surface area contributed by atoms with E-state index < -0.39 is 48.0 Å². The largest absolute Gasteiger partial charge is 0.394 e. The van der Waals surface area contributed by atoms with Crippen LogP contribution < -0.4 is 16.0 Å². The maximum atomic E-state index is 12.1. The second kappa shape index (κ2) is 22.0. The van der Waals surface area contributed by atoms with Gasteiger partial charge in [0.1, 0.15) is 27.9 Å². The minimum atomic E-state index is -1.36. The number of amides is 3. The van der Waals surface area contributed by atoms with Gasteiger partial charge >= 0.3 is 0 Å². The molecule has 0 radical (unpaired) electrons. The number of hydrogen-bond donors (Lipinski definition) is 6. The summed E-state index contributed by atoms with van der Waals surface area (Å²) in [4.78, 5) is 38.5. The first-order valence-corrected chi connectivity index (χ1v) is 16.5. The van der Waals surface area contributed by atoms with E-state index in [1.54, 1.807) is 6.92 Å². The fourth-order valence-corrected chi connectivity index (χ4v) is 6.82. The third-order valence-electron chi connectivity index (χ3n) is 6.34. The number of rotatable bonds is 20. The van der Waals surface area contributed by atoms with E-state index in [2.05, 4.69) is 20.8 Å². The molecule has 0 aliphatic carbocycles. The Balaban J connectivity index is 2.11. The van der Waals surface area contributed by atoms with Gasteiger partial charge in [-0.1, -0.05) is 19.1 Å². The van der Waals surface area contributed by atoms with Gasteiger partial charge in [0.2, 0.25) is 17.7 Å². The zero-order valence-electron chi connectivity index (χ0n) is 25.0. The molecule has 1 fully saturated rings. The van der Waals surface area contributed by atoms with E-state index in [0.29, 0.717) is 35.9 Å². The minimum absolute atomic E-state index is 0.147. The van der Waals surface area contributed by atoms with Gasteiger partial charge < -0.3 is 45.5 Å². The molecule has 246 valence electrons. The van der Waals surface area contributed by atoms with Crippen LogP contribution in [0.3, 0.4) is 0 Å². The van der Waals surface area contributed by atoms with Gasteiger partial charge in [-0.2, -0.15) is 0 Å². The molecule has 0 aromatic heterocycles. The summed E-state index contributed by atoms with van der Waals surface area (Å²) in [6, 6.07) is -0.974. The lowest BCUT2D eigenvalue weighted by Gasteiger charge is -2.42. The molecule has 1 unspecified atom stereocenters. The number of nitrogens with zero attached hydrogens (tertiary/aromatic N) is 1. The molecule has 6 N–H and O–H groups in total. The van der Waals surface area contributed by atoms with Crippen molar-refractivity contribution in [3.8, 4) is 0 Å². The Morgan fingerprint density at radius 2 is 1.74 bits per heavy atom. The second-order valence-corrected chi connectivity index (χ2v) is 13.9. The minimum Gasteiger partial charge on any atom is -0.394 e. The molecule has 43 heavy (non-hydrogen) atoms. The lowest BCUT2D eigenvalue weighted by Crippen LogP contribution is -2.64. The zero-order chi connectivity index (χ0) is 32.3. The molecule has 0 spiro atoms. The average molecular weight is 667 g/mol. The van der Waals surface area contributed by atoms with E-state index in [-0.39, 0.29) is 44.5 Å². The molecule has 1 saturated heterocycles. The van der Waals surface area contributed by atoms with Gasteiger partial charge in [-0.05, 0) is 36.8 Å². The van der Waals surface area contributed by atoms with Crippen LogP contribution in [-0.2, 0) is 28.6 Å². The van der Waals surface area contributed by atoms with E-state index in [1.807, 2.05) is 6.92 Å². The van der Waals surface area contributed by atoms with Crippen LogP contribution in [-0.4, -0.2) is 117 Å². The van der Waals surface area contributed by atoms with Crippen LogP contribution in [0.2, 0.25) is 0 Å². The number of carbonyl (C=O) groups excluding carboxylic acids is 3. The van der Waals surface area contributed by atoms with Gasteiger partial charge in [-0.3, -0.25) is 19.2 Å². The Morgan fingerprint density at radius 1 is 1.05 bits per heavy atom. The Morgan fingerprint density at radius 3 is 2.40 bits per heavy atom. The first-order valence-electron chi connectivity index (χ1n) is 14.3. The highest BCUT2D eigenvalue weighted by atomic mass is 32.2. The van der Waals surface area contributed by atoms with Gasteiger partial charge in [-0.15, -0.1) is 11.8 Å². The van der Waals surface area contributed by atoms with Crippen molar-refractivity contribution in [1.29, 1.82) is 0 Å². The molecule has 0 aromatic rings. The standard InChI is InChI=1S/C27H46N4O9S3/c1-5-42-26(41)43-27(3,28-4)11-9-20(34)30-13-16-38-15-10-21(35)29-12-7-6-8-14-39-25-22(31-18(2)33)24(37)23(36)19(17-32)40-25/h19,22-25,32,36-37H,5-17H2,1-3H3,(H,29,35)(H,30,34)(H,31,33)/t19-,22-,23+,24-,25-,27?/m1/s1. The fourth-order valence-electron chi connectivity index (χ4n) is 3.95. The fraction of sp³-hybridized carbons (Fsp3) is 0.815. The highest BCUT2D eigenvalue weighted by Crippen LogP contribution is 2.36. The zero-order valence-corrected chi connectivity index (χ0v) is 27.5. The molecule has 16 heteroatoms. The molecule has 3 amide bonds. The Hall–Kier alpha value is -1.55. The quantitative estimate of drug-likeness (QED) is 0.0616. The highest BCUT2D eigenvalue weighted by Gasteiger charge is 2.45. The molecule has 0 aromatic carbocycles. The lowest BCUT2D eigenvalue weighted by atomic mass is 9.97. The summed E-state index contributed by atoms with van der Waals surface area (Å²) in [7, 11) is 0. The summed E-state index contributed by atoms with van der Waals surface area (Å²) in [6.45, 7) is 13.5. The average Bonchev–Trinajstić information content (AvgIpc) is 2.96. The third-order valence-corrected chi connectivity index (χ3v) is 8.97. The van der Waals surface area contributed by atoms with Gasteiger partial charge in [0.25, 0.3) is 4.87 Å². The van der Waals surface area contributed by atoms with Crippen LogP contribution in [0, 0.1) is 6.57 Å². The van der Waals surface area contributed by atoms with Crippen LogP contribution >= 0.6 is 35.7 Å². The number of unbranched alkanes of at least 4 members (excludes halogenated alkanes) is 2. The summed E-state index contributed by atoms with van der Waals surface area (Å²) >= 11 is 8.11. The number of ether oxygens (including phenoxy) is 3. The Bertz CT molecular complexity index is 927. The van der Waals surface area contributed by atoms with Crippen molar-refractivity contribution in [2.45, 2.75) is 94.8 Å². The van der Waals surface area contributed by atoms with Crippen molar-refractivity contribution in [2.75, 3.05) is 45.3 Å². The van der Waals surface area contributed by atoms with Crippen LogP contribution in [0.5, 0.6) is 0 Å². The SMILES string of the molecule is [C-]#[N+]C(C)(CCC(=O)NCCOCCC(=O)NCCCCCO[C@@H]1O[C@H](CO)[C@H](O)[C@H](O)[C@H]1NC(C)=O)SC(=S)SCC. The van der Waals surface area contributed by atoms with Gasteiger partial charge in [0.05, 0.1) is 19.8 Å². The van der Waals surface area contributed by atoms with Crippen molar-refractivity contribution < 1.29 is 43.9 Å². The maximum Gasteiger partial charge on any atom is 0.281 e. The summed E-state index contributed by atoms with van der Waals surface area (Å²) < 4.78 is 17.3. The van der Waals surface area contributed by atoms with E-state index in [1.165, 1.54) is 30.4 Å². The van der Waals surface area contributed by atoms with Crippen LogP contribution in [0.4, 0.5) is 0 Å². The summed E-state index contributed by atoms with van der Waals surface area (Å²) in [5.74, 6) is 0.111. The van der Waals surface area contributed by atoms with Gasteiger partial charge in [0.15, 0.2) is 6.29 Å². The number of nitrogens with one attached hydrogen (secondary N) is 3. The third kappa shape index (κ3) is 16.4.